The molecule has 0 unspecified atom stereocenters. The summed E-state index contributed by atoms with van der Waals surface area (Å²) in [7, 11) is 0. The molecule has 0 aromatic heterocycles. The molecule has 118 valence electrons. The first kappa shape index (κ1) is 17.4. The van der Waals surface area contributed by atoms with E-state index in [1.807, 2.05) is 0 Å². The van der Waals surface area contributed by atoms with Gasteiger partial charge in [-0.2, -0.15) is 0 Å². The van der Waals surface area contributed by atoms with E-state index in [4.69, 9.17) is 18.9 Å². The second-order valence-electron chi connectivity index (χ2n) is 4.56. The lowest BCUT2D eigenvalue weighted by Crippen LogP contribution is -2.35. The molecule has 1 rings (SSSR count). The third-order valence-corrected chi connectivity index (χ3v) is 3.08. The van der Waals surface area contributed by atoms with Crippen LogP contribution in [0.3, 0.4) is 0 Å². The Morgan fingerprint density at radius 1 is 0.857 bits per heavy atom. The van der Waals surface area contributed by atoms with Gasteiger partial charge in [0, 0.05) is 25.0 Å². The molecule has 0 amide bonds. The first-order valence-corrected chi connectivity index (χ1v) is 6.98. The third kappa shape index (κ3) is 6.55. The van der Waals surface area contributed by atoms with Gasteiger partial charge in [0.25, 0.3) is 0 Å². The van der Waals surface area contributed by atoms with Crippen molar-refractivity contribution in [3.8, 4) is 0 Å². The van der Waals surface area contributed by atoms with Crippen molar-refractivity contribution in [1.29, 1.82) is 0 Å². The molecular weight excluding hydrogens is 276 g/mol. The Kier molecular flexibility index (Phi) is 7.71. The summed E-state index contributed by atoms with van der Waals surface area (Å²) in [5.74, 6) is -1.62. The van der Waals surface area contributed by atoms with Crippen molar-refractivity contribution in [1.82, 2.24) is 0 Å². The Morgan fingerprint density at radius 3 is 1.67 bits per heavy atom. The van der Waals surface area contributed by atoms with Crippen LogP contribution in [0.5, 0.6) is 0 Å². The van der Waals surface area contributed by atoms with Crippen molar-refractivity contribution < 1.29 is 28.5 Å². The van der Waals surface area contributed by atoms with Gasteiger partial charge in [0.05, 0.1) is 13.2 Å². The van der Waals surface area contributed by atoms with Crippen LogP contribution < -0.4 is 0 Å². The van der Waals surface area contributed by atoms with E-state index in [9.17, 15) is 9.59 Å². The highest BCUT2D eigenvalue weighted by Gasteiger charge is 2.35. The maximum Gasteiger partial charge on any atom is 0.330 e. The van der Waals surface area contributed by atoms with Crippen LogP contribution in [-0.4, -0.2) is 44.2 Å². The third-order valence-electron chi connectivity index (χ3n) is 3.08. The zero-order chi connectivity index (χ0) is 15.6. The second-order valence-corrected chi connectivity index (χ2v) is 4.56. The van der Waals surface area contributed by atoms with Gasteiger partial charge in [0.15, 0.2) is 5.79 Å². The van der Waals surface area contributed by atoms with Gasteiger partial charge in [0.2, 0.25) is 0 Å². The normalized spacial score (nSPS) is 16.2. The van der Waals surface area contributed by atoms with Gasteiger partial charge in [-0.1, -0.05) is 13.2 Å². The lowest BCUT2D eigenvalue weighted by molar-refractivity contribution is -0.240. The molecule has 0 heterocycles. The Hall–Kier alpha value is -1.66. The largest absolute Gasteiger partial charge is 0.460 e. The lowest BCUT2D eigenvalue weighted by atomic mass is 10.2. The number of hydrogen-bond acceptors (Lipinski definition) is 6. The van der Waals surface area contributed by atoms with Crippen LogP contribution in [0.1, 0.15) is 25.7 Å². The van der Waals surface area contributed by atoms with Crippen molar-refractivity contribution >= 4 is 11.9 Å². The van der Waals surface area contributed by atoms with E-state index in [0.29, 0.717) is 0 Å². The summed E-state index contributed by atoms with van der Waals surface area (Å²) in [4.78, 5) is 21.8. The summed E-state index contributed by atoms with van der Waals surface area (Å²) < 4.78 is 21.1. The molecule has 0 radical (unpaired) electrons. The average molecular weight is 298 g/mol. The minimum atomic E-state index is -0.666. The van der Waals surface area contributed by atoms with Crippen LogP contribution in [0.15, 0.2) is 25.3 Å². The SMILES string of the molecule is C=CC(=O)OCCOC1(OCCOC(=O)C=C)CCCC1. The highest BCUT2D eigenvalue weighted by molar-refractivity contribution is 5.81. The number of rotatable bonds is 10. The second kappa shape index (κ2) is 9.31. The lowest BCUT2D eigenvalue weighted by Gasteiger charge is -2.29. The summed E-state index contributed by atoms with van der Waals surface area (Å²) in [6, 6.07) is 0. The van der Waals surface area contributed by atoms with Gasteiger partial charge in [-0.25, -0.2) is 9.59 Å². The average Bonchev–Trinajstić information content (AvgIpc) is 2.96. The molecular formula is C15H22O6. The number of ether oxygens (including phenoxy) is 4. The smallest absolute Gasteiger partial charge is 0.330 e. The molecule has 0 aliphatic heterocycles. The van der Waals surface area contributed by atoms with Gasteiger partial charge < -0.3 is 18.9 Å². The number of esters is 2. The molecule has 0 saturated heterocycles. The minimum Gasteiger partial charge on any atom is -0.460 e. The predicted molar refractivity (Wildman–Crippen MR) is 75.4 cm³/mol. The Morgan fingerprint density at radius 2 is 1.29 bits per heavy atom. The Labute approximate surface area is 124 Å². The van der Waals surface area contributed by atoms with Crippen LogP contribution >= 0.6 is 0 Å². The van der Waals surface area contributed by atoms with Crippen molar-refractivity contribution in [3.63, 3.8) is 0 Å². The van der Waals surface area contributed by atoms with Gasteiger partial charge in [-0.3, -0.25) is 0 Å². The van der Waals surface area contributed by atoms with Crippen molar-refractivity contribution in [2.45, 2.75) is 31.5 Å². The molecule has 0 bridgehead atoms. The van der Waals surface area contributed by atoms with Crippen LogP contribution in [0.4, 0.5) is 0 Å². The molecule has 21 heavy (non-hydrogen) atoms. The van der Waals surface area contributed by atoms with Crippen LogP contribution in [0.25, 0.3) is 0 Å². The number of hydrogen-bond donors (Lipinski definition) is 0. The van der Waals surface area contributed by atoms with E-state index in [1.165, 1.54) is 0 Å². The molecule has 0 aromatic rings. The van der Waals surface area contributed by atoms with Crippen molar-refractivity contribution in [2.75, 3.05) is 26.4 Å². The summed E-state index contributed by atoms with van der Waals surface area (Å²) in [5.41, 5.74) is 0. The van der Waals surface area contributed by atoms with Gasteiger partial charge in [-0.05, 0) is 12.8 Å². The van der Waals surface area contributed by atoms with E-state index in [0.717, 1.165) is 37.8 Å². The monoisotopic (exact) mass is 298 g/mol. The number of carbonyl (C=O) groups excluding carboxylic acids is 2. The van der Waals surface area contributed by atoms with Crippen molar-refractivity contribution in [3.05, 3.63) is 25.3 Å². The molecule has 0 atom stereocenters. The fourth-order valence-electron chi connectivity index (χ4n) is 2.10. The first-order valence-electron chi connectivity index (χ1n) is 6.98. The van der Waals surface area contributed by atoms with E-state index >= 15 is 0 Å². The zero-order valence-corrected chi connectivity index (χ0v) is 12.2. The van der Waals surface area contributed by atoms with Crippen LogP contribution in [0.2, 0.25) is 0 Å². The molecule has 0 N–H and O–H groups in total. The first-order chi connectivity index (χ1) is 10.1. The quantitative estimate of drug-likeness (QED) is 0.265. The minimum absolute atomic E-state index is 0.154. The Bertz CT molecular complexity index is 340. The summed E-state index contributed by atoms with van der Waals surface area (Å²) in [6.45, 7) is 7.45. The van der Waals surface area contributed by atoms with Crippen LogP contribution in [0, 0.1) is 0 Å². The zero-order valence-electron chi connectivity index (χ0n) is 12.2. The fraction of sp³-hybridized carbons (Fsp3) is 0.600. The van der Waals surface area contributed by atoms with E-state index in [1.54, 1.807) is 0 Å². The molecule has 6 nitrogen and oxygen atoms in total. The topological polar surface area (TPSA) is 71.1 Å². The Balaban J connectivity index is 2.26. The summed E-state index contributed by atoms with van der Waals surface area (Å²) >= 11 is 0. The summed E-state index contributed by atoms with van der Waals surface area (Å²) in [5, 5.41) is 0. The molecule has 1 fully saturated rings. The maximum atomic E-state index is 10.9. The standard InChI is InChI=1S/C15H22O6/c1-3-13(16)18-9-11-20-15(7-5-6-8-15)21-12-10-19-14(17)4-2/h3-4H,1-2,5-12H2. The van der Waals surface area contributed by atoms with Crippen LogP contribution in [-0.2, 0) is 28.5 Å². The predicted octanol–water partition coefficient (Wildman–Crippen LogP) is 1.75. The molecule has 1 saturated carbocycles. The fourth-order valence-corrected chi connectivity index (χ4v) is 2.10. The molecule has 6 heteroatoms. The van der Waals surface area contributed by atoms with Crippen molar-refractivity contribution in [2.24, 2.45) is 0 Å². The molecule has 1 aliphatic rings. The van der Waals surface area contributed by atoms with E-state index in [2.05, 4.69) is 13.2 Å². The summed E-state index contributed by atoms with van der Waals surface area (Å²) in [6.07, 6.45) is 5.79. The molecule has 0 aromatic carbocycles. The molecule has 0 spiro atoms. The molecule has 1 aliphatic carbocycles. The van der Waals surface area contributed by atoms with Gasteiger partial charge >= 0.3 is 11.9 Å². The van der Waals surface area contributed by atoms with E-state index in [-0.39, 0.29) is 26.4 Å². The number of carbonyl (C=O) groups is 2. The van der Waals surface area contributed by atoms with Gasteiger partial charge in [-0.15, -0.1) is 0 Å². The maximum absolute atomic E-state index is 10.9. The highest BCUT2D eigenvalue weighted by atomic mass is 16.7. The van der Waals surface area contributed by atoms with Gasteiger partial charge in [0.1, 0.15) is 13.2 Å². The highest BCUT2D eigenvalue weighted by Crippen LogP contribution is 2.34. The van der Waals surface area contributed by atoms with E-state index < -0.39 is 17.7 Å².